The van der Waals surface area contributed by atoms with E-state index < -0.39 is 11.9 Å². The highest BCUT2D eigenvalue weighted by molar-refractivity contribution is 7.98. The lowest BCUT2D eigenvalue weighted by molar-refractivity contribution is -0.141. The molecular weight excluding hydrogens is 391 g/mol. The van der Waals surface area contributed by atoms with Gasteiger partial charge in [0.25, 0.3) is 5.22 Å². The average Bonchev–Trinajstić information content (AvgIpc) is 3.02. The highest BCUT2D eigenvalue weighted by atomic mass is 35.5. The van der Waals surface area contributed by atoms with Crippen LogP contribution < -0.4 is 4.90 Å². The second kappa shape index (κ2) is 7.12. The summed E-state index contributed by atoms with van der Waals surface area (Å²) in [6.45, 7) is 0. The SMILES string of the molecule is CN(C)c1cc(C(F)(F)F)nc(Sc2nnc(-c3ccccc3Cl)o2)n1. The summed E-state index contributed by atoms with van der Waals surface area (Å²) in [5.74, 6) is 0.263. The molecule has 11 heteroatoms. The summed E-state index contributed by atoms with van der Waals surface area (Å²) in [5.41, 5.74) is -0.531. The first-order valence-corrected chi connectivity index (χ1v) is 8.33. The molecule has 6 nitrogen and oxygen atoms in total. The van der Waals surface area contributed by atoms with Crippen molar-refractivity contribution in [2.45, 2.75) is 16.6 Å². The van der Waals surface area contributed by atoms with E-state index in [1.165, 1.54) is 4.90 Å². The van der Waals surface area contributed by atoms with Crippen molar-refractivity contribution in [2.24, 2.45) is 0 Å². The minimum absolute atomic E-state index is 0.00366. The van der Waals surface area contributed by atoms with Crippen LogP contribution in [-0.2, 0) is 6.18 Å². The zero-order valence-corrected chi connectivity index (χ0v) is 15.0. The van der Waals surface area contributed by atoms with E-state index in [9.17, 15) is 13.2 Å². The smallest absolute Gasteiger partial charge is 0.411 e. The summed E-state index contributed by atoms with van der Waals surface area (Å²) in [7, 11) is 3.16. The molecule has 0 aliphatic carbocycles. The van der Waals surface area contributed by atoms with Crippen molar-refractivity contribution in [2.75, 3.05) is 19.0 Å². The van der Waals surface area contributed by atoms with Crippen LogP contribution in [0.15, 0.2) is 45.1 Å². The summed E-state index contributed by atoms with van der Waals surface area (Å²) in [4.78, 5) is 9.04. The van der Waals surface area contributed by atoms with E-state index in [-0.39, 0.29) is 22.1 Å². The molecule has 0 saturated carbocycles. The van der Waals surface area contributed by atoms with Gasteiger partial charge in [0.1, 0.15) is 5.82 Å². The van der Waals surface area contributed by atoms with E-state index in [0.717, 1.165) is 17.8 Å². The minimum atomic E-state index is -4.60. The van der Waals surface area contributed by atoms with Crippen molar-refractivity contribution in [3.8, 4) is 11.5 Å². The lowest BCUT2D eigenvalue weighted by atomic mass is 10.2. The first-order chi connectivity index (χ1) is 12.2. The molecule has 0 spiro atoms. The average molecular weight is 402 g/mol. The molecule has 0 bridgehead atoms. The van der Waals surface area contributed by atoms with Crippen LogP contribution in [0, 0.1) is 0 Å². The third-order valence-corrected chi connectivity index (χ3v) is 4.16. The predicted octanol–water partition coefficient (Wildman–Crippen LogP) is 4.42. The van der Waals surface area contributed by atoms with E-state index in [1.54, 1.807) is 38.4 Å². The first-order valence-electron chi connectivity index (χ1n) is 7.14. The topological polar surface area (TPSA) is 67.9 Å². The molecule has 3 rings (SSSR count). The normalized spacial score (nSPS) is 11.6. The maximum atomic E-state index is 13.0. The molecule has 2 aromatic heterocycles. The predicted molar refractivity (Wildman–Crippen MR) is 90.2 cm³/mol. The molecule has 136 valence electrons. The fraction of sp³-hybridized carbons (Fsp3) is 0.200. The molecule has 0 amide bonds. The van der Waals surface area contributed by atoms with E-state index in [0.29, 0.717) is 10.6 Å². The molecule has 0 aliphatic heterocycles. The Morgan fingerprint density at radius 1 is 1.12 bits per heavy atom. The van der Waals surface area contributed by atoms with Crippen molar-refractivity contribution in [3.05, 3.63) is 41.0 Å². The van der Waals surface area contributed by atoms with Crippen LogP contribution >= 0.6 is 23.4 Å². The number of rotatable bonds is 4. The molecule has 0 N–H and O–H groups in total. The molecule has 26 heavy (non-hydrogen) atoms. The maximum Gasteiger partial charge on any atom is 0.433 e. The van der Waals surface area contributed by atoms with E-state index in [4.69, 9.17) is 16.0 Å². The molecule has 0 atom stereocenters. The number of nitrogens with zero attached hydrogens (tertiary/aromatic N) is 5. The van der Waals surface area contributed by atoms with Gasteiger partial charge in [-0.15, -0.1) is 10.2 Å². The standard InChI is InChI=1S/C15H11ClF3N5OS/c1-24(2)11-7-10(15(17,18)19)20-13(21-11)26-14-23-22-12(25-14)8-5-3-4-6-9(8)16/h3-7H,1-2H3. The molecule has 0 fully saturated rings. The Morgan fingerprint density at radius 2 is 1.85 bits per heavy atom. The number of benzene rings is 1. The summed E-state index contributed by atoms with van der Waals surface area (Å²) >= 11 is 6.80. The van der Waals surface area contributed by atoms with Gasteiger partial charge in [0, 0.05) is 31.9 Å². The van der Waals surface area contributed by atoms with Gasteiger partial charge in [-0.2, -0.15) is 13.2 Å². The van der Waals surface area contributed by atoms with Crippen molar-refractivity contribution in [1.29, 1.82) is 0 Å². The summed E-state index contributed by atoms with van der Waals surface area (Å²) in [5, 5.41) is 7.93. The third-order valence-electron chi connectivity index (χ3n) is 3.13. The minimum Gasteiger partial charge on any atom is -0.411 e. The van der Waals surface area contributed by atoms with E-state index in [1.807, 2.05) is 0 Å². The van der Waals surface area contributed by atoms with Crippen LogP contribution in [0.4, 0.5) is 19.0 Å². The quantitative estimate of drug-likeness (QED) is 0.599. The Bertz CT molecular complexity index is 932. The zero-order valence-electron chi connectivity index (χ0n) is 13.5. The fourth-order valence-corrected chi connectivity index (χ4v) is 2.76. The Labute approximate surface area is 155 Å². The molecule has 3 aromatic rings. The molecule has 1 aromatic carbocycles. The summed E-state index contributed by atoms with van der Waals surface area (Å²) in [6, 6.07) is 7.71. The van der Waals surface area contributed by atoms with Gasteiger partial charge in [-0.1, -0.05) is 23.7 Å². The Hall–Kier alpha value is -2.33. The van der Waals surface area contributed by atoms with Gasteiger partial charge in [-0.05, 0) is 12.1 Å². The zero-order chi connectivity index (χ0) is 18.9. The Kier molecular flexibility index (Phi) is 5.05. The molecule has 0 unspecified atom stereocenters. The largest absolute Gasteiger partial charge is 0.433 e. The molecular formula is C15H11ClF3N5OS. The molecule has 0 aliphatic rings. The van der Waals surface area contributed by atoms with Crippen molar-refractivity contribution < 1.29 is 17.6 Å². The Balaban J connectivity index is 1.92. The van der Waals surface area contributed by atoms with Crippen molar-refractivity contribution in [3.63, 3.8) is 0 Å². The molecule has 0 radical (unpaired) electrons. The van der Waals surface area contributed by atoms with Gasteiger partial charge in [-0.25, -0.2) is 9.97 Å². The number of alkyl halides is 3. The van der Waals surface area contributed by atoms with Gasteiger partial charge < -0.3 is 9.32 Å². The van der Waals surface area contributed by atoms with Gasteiger partial charge in [0.05, 0.1) is 10.6 Å². The van der Waals surface area contributed by atoms with Crippen LogP contribution in [0.5, 0.6) is 0 Å². The highest BCUT2D eigenvalue weighted by Gasteiger charge is 2.34. The van der Waals surface area contributed by atoms with Gasteiger partial charge in [0.2, 0.25) is 5.89 Å². The second-order valence-electron chi connectivity index (χ2n) is 5.24. The van der Waals surface area contributed by atoms with Gasteiger partial charge in [-0.3, -0.25) is 0 Å². The second-order valence-corrected chi connectivity index (χ2v) is 6.57. The Morgan fingerprint density at radius 3 is 2.50 bits per heavy atom. The van der Waals surface area contributed by atoms with Gasteiger partial charge in [0.15, 0.2) is 10.9 Å². The third kappa shape index (κ3) is 4.07. The van der Waals surface area contributed by atoms with Crippen molar-refractivity contribution in [1.82, 2.24) is 20.2 Å². The highest BCUT2D eigenvalue weighted by Crippen LogP contribution is 2.34. The van der Waals surface area contributed by atoms with Crippen LogP contribution in [0.1, 0.15) is 5.69 Å². The van der Waals surface area contributed by atoms with Crippen LogP contribution in [0.3, 0.4) is 0 Å². The maximum absolute atomic E-state index is 13.0. The van der Waals surface area contributed by atoms with Crippen LogP contribution in [0.25, 0.3) is 11.5 Å². The van der Waals surface area contributed by atoms with E-state index in [2.05, 4.69) is 20.2 Å². The lowest BCUT2D eigenvalue weighted by Gasteiger charge is -2.14. The first kappa shape index (κ1) is 18.5. The van der Waals surface area contributed by atoms with Crippen LogP contribution in [-0.4, -0.2) is 34.3 Å². The van der Waals surface area contributed by atoms with Gasteiger partial charge >= 0.3 is 6.18 Å². The number of aromatic nitrogens is 4. The summed E-state index contributed by atoms with van der Waals surface area (Å²) in [6.07, 6.45) is -4.60. The van der Waals surface area contributed by atoms with E-state index >= 15 is 0 Å². The number of halogens is 4. The number of hydrogen-bond acceptors (Lipinski definition) is 7. The summed E-state index contributed by atoms with van der Waals surface area (Å²) < 4.78 is 44.6. The molecule has 0 saturated heterocycles. The monoisotopic (exact) mass is 401 g/mol. The van der Waals surface area contributed by atoms with Crippen LogP contribution in [0.2, 0.25) is 5.02 Å². The number of hydrogen-bond donors (Lipinski definition) is 0. The molecule has 2 heterocycles. The fourth-order valence-electron chi connectivity index (χ4n) is 1.91. The number of anilines is 1. The van der Waals surface area contributed by atoms with Crippen molar-refractivity contribution >= 4 is 29.2 Å². The lowest BCUT2D eigenvalue weighted by Crippen LogP contribution is -2.16.